The molecule has 0 saturated heterocycles. The van der Waals surface area contributed by atoms with Crippen molar-refractivity contribution in [2.45, 2.75) is 12.3 Å². The number of ketones is 1. The molecule has 2 aromatic carbocycles. The van der Waals surface area contributed by atoms with E-state index in [0.29, 0.717) is 5.56 Å². The van der Waals surface area contributed by atoms with Gasteiger partial charge in [-0.05, 0) is 11.1 Å². The molecule has 0 aliphatic carbocycles. The van der Waals surface area contributed by atoms with E-state index in [1.807, 2.05) is 0 Å². The summed E-state index contributed by atoms with van der Waals surface area (Å²) in [6.07, 6.45) is -0.676. The van der Waals surface area contributed by atoms with Crippen molar-refractivity contribution in [1.29, 1.82) is 0 Å². The van der Waals surface area contributed by atoms with Crippen molar-refractivity contribution in [3.05, 3.63) is 78.4 Å². The van der Waals surface area contributed by atoms with Gasteiger partial charge in [0.05, 0.1) is 0 Å². The second kappa shape index (κ2) is 5.78. The number of alkyl halides is 2. The Morgan fingerprint density at radius 1 is 0.900 bits per heavy atom. The van der Waals surface area contributed by atoms with Crippen molar-refractivity contribution in [3.8, 4) is 0 Å². The third-order valence-electron chi connectivity index (χ3n) is 2.99. The molecule has 0 aliphatic rings. The van der Waals surface area contributed by atoms with Gasteiger partial charge in [0.15, 0.2) is 0 Å². The van der Waals surface area contributed by atoms with E-state index in [2.05, 4.69) is 6.58 Å². The topological polar surface area (TPSA) is 17.1 Å². The van der Waals surface area contributed by atoms with Gasteiger partial charge < -0.3 is 0 Å². The molecule has 2 rings (SSSR count). The average Bonchev–Trinajstić information content (AvgIpc) is 2.48. The van der Waals surface area contributed by atoms with Gasteiger partial charge in [0.2, 0.25) is 5.78 Å². The number of carbonyl (C=O) groups excluding carboxylic acids is 1. The minimum Gasteiger partial charge on any atom is -0.287 e. The molecule has 0 aliphatic heterocycles. The standard InChI is InChI=1S/C17H14F2O/c1-13(14-8-4-2-5-9-14)12-17(18,19)16(20)15-10-6-3-7-11-15/h2-11H,1,12H2. The van der Waals surface area contributed by atoms with E-state index < -0.39 is 18.1 Å². The molecule has 0 fully saturated rings. The molecule has 3 heteroatoms. The number of rotatable bonds is 5. The van der Waals surface area contributed by atoms with Gasteiger partial charge in [-0.1, -0.05) is 67.2 Å². The van der Waals surface area contributed by atoms with E-state index in [9.17, 15) is 13.6 Å². The van der Waals surface area contributed by atoms with Gasteiger partial charge in [0.25, 0.3) is 0 Å². The van der Waals surface area contributed by atoms with E-state index in [0.717, 1.165) is 0 Å². The first-order valence-electron chi connectivity index (χ1n) is 6.21. The molecule has 0 bridgehead atoms. The van der Waals surface area contributed by atoms with Crippen LogP contribution in [0.25, 0.3) is 5.57 Å². The first-order chi connectivity index (χ1) is 9.50. The second-order valence-corrected chi connectivity index (χ2v) is 4.55. The average molecular weight is 272 g/mol. The lowest BCUT2D eigenvalue weighted by atomic mass is 9.96. The van der Waals surface area contributed by atoms with E-state index in [1.54, 1.807) is 48.5 Å². The number of carbonyl (C=O) groups is 1. The number of halogens is 2. The fourth-order valence-corrected chi connectivity index (χ4v) is 1.92. The van der Waals surface area contributed by atoms with Crippen molar-refractivity contribution in [2.24, 2.45) is 0 Å². The van der Waals surface area contributed by atoms with Crippen molar-refractivity contribution < 1.29 is 13.6 Å². The summed E-state index contributed by atoms with van der Waals surface area (Å²) < 4.78 is 28.1. The van der Waals surface area contributed by atoms with Crippen molar-refractivity contribution >= 4 is 11.4 Å². The zero-order chi connectivity index (χ0) is 14.6. The number of Topliss-reactive ketones (excluding diaryl/α,β-unsaturated/α-hetero) is 1. The summed E-state index contributed by atoms with van der Waals surface area (Å²) in [6.45, 7) is 3.65. The van der Waals surface area contributed by atoms with Gasteiger partial charge in [-0.2, -0.15) is 8.78 Å². The highest BCUT2D eigenvalue weighted by atomic mass is 19.3. The number of hydrogen-bond donors (Lipinski definition) is 0. The van der Waals surface area contributed by atoms with Crippen LogP contribution in [0.1, 0.15) is 22.3 Å². The lowest BCUT2D eigenvalue weighted by molar-refractivity contribution is 0.0137. The van der Waals surface area contributed by atoms with Crippen molar-refractivity contribution in [2.75, 3.05) is 0 Å². The van der Waals surface area contributed by atoms with Gasteiger partial charge in [0, 0.05) is 12.0 Å². The summed E-state index contributed by atoms with van der Waals surface area (Å²) >= 11 is 0. The third-order valence-corrected chi connectivity index (χ3v) is 2.99. The van der Waals surface area contributed by atoms with Crippen LogP contribution in [0.4, 0.5) is 8.78 Å². The molecule has 0 radical (unpaired) electrons. The molecule has 20 heavy (non-hydrogen) atoms. The zero-order valence-corrected chi connectivity index (χ0v) is 10.9. The van der Waals surface area contributed by atoms with Crippen LogP contribution < -0.4 is 0 Å². The molecule has 1 nitrogen and oxygen atoms in total. The van der Waals surface area contributed by atoms with Gasteiger partial charge in [-0.25, -0.2) is 0 Å². The molecule has 0 N–H and O–H groups in total. The molecule has 0 aromatic heterocycles. The Kier molecular flexibility index (Phi) is 4.08. The second-order valence-electron chi connectivity index (χ2n) is 4.55. The summed E-state index contributed by atoms with van der Waals surface area (Å²) in [6, 6.07) is 16.3. The monoisotopic (exact) mass is 272 g/mol. The summed E-state index contributed by atoms with van der Waals surface area (Å²) in [7, 11) is 0. The van der Waals surface area contributed by atoms with Crippen LogP contribution in [0, 0.1) is 0 Å². The molecule has 0 amide bonds. The van der Waals surface area contributed by atoms with Crippen LogP contribution in [0.3, 0.4) is 0 Å². The fraction of sp³-hybridized carbons (Fsp3) is 0.118. The molecule has 0 heterocycles. The molecule has 102 valence electrons. The first kappa shape index (κ1) is 14.1. The lowest BCUT2D eigenvalue weighted by Crippen LogP contribution is -2.28. The molecule has 0 unspecified atom stereocenters. The maximum absolute atomic E-state index is 14.0. The van der Waals surface area contributed by atoms with Gasteiger partial charge in [0.1, 0.15) is 0 Å². The Balaban J connectivity index is 2.15. The fourth-order valence-electron chi connectivity index (χ4n) is 1.92. The lowest BCUT2D eigenvalue weighted by Gasteiger charge is -2.16. The highest BCUT2D eigenvalue weighted by Crippen LogP contribution is 2.31. The van der Waals surface area contributed by atoms with Crippen LogP contribution >= 0.6 is 0 Å². The quantitative estimate of drug-likeness (QED) is 0.726. The van der Waals surface area contributed by atoms with Crippen molar-refractivity contribution in [1.82, 2.24) is 0 Å². The van der Waals surface area contributed by atoms with Gasteiger partial charge >= 0.3 is 5.92 Å². The van der Waals surface area contributed by atoms with E-state index in [4.69, 9.17) is 0 Å². The summed E-state index contributed by atoms with van der Waals surface area (Å²) in [4.78, 5) is 11.8. The maximum atomic E-state index is 14.0. The van der Waals surface area contributed by atoms with E-state index in [-0.39, 0.29) is 11.1 Å². The van der Waals surface area contributed by atoms with Crippen molar-refractivity contribution in [3.63, 3.8) is 0 Å². The predicted octanol–water partition coefficient (Wildman–Crippen LogP) is 4.61. The molecule has 0 spiro atoms. The van der Waals surface area contributed by atoms with Crippen LogP contribution in [0.2, 0.25) is 0 Å². The maximum Gasteiger partial charge on any atom is 0.313 e. The normalized spacial score (nSPS) is 11.1. The predicted molar refractivity (Wildman–Crippen MR) is 75.8 cm³/mol. The van der Waals surface area contributed by atoms with Crippen LogP contribution in [-0.2, 0) is 0 Å². The Hall–Kier alpha value is -2.29. The van der Waals surface area contributed by atoms with Crippen LogP contribution in [0.5, 0.6) is 0 Å². The summed E-state index contributed by atoms with van der Waals surface area (Å²) in [5.41, 5.74) is 0.881. The van der Waals surface area contributed by atoms with Crippen LogP contribution in [0.15, 0.2) is 67.2 Å². The molecule has 0 saturated carbocycles. The molecule has 0 atom stereocenters. The Labute approximate surface area is 116 Å². The SMILES string of the molecule is C=C(CC(F)(F)C(=O)c1ccccc1)c1ccccc1. The van der Waals surface area contributed by atoms with Gasteiger partial charge in [-0.15, -0.1) is 0 Å². The van der Waals surface area contributed by atoms with E-state index >= 15 is 0 Å². The first-order valence-corrected chi connectivity index (χ1v) is 6.21. The van der Waals surface area contributed by atoms with Crippen LogP contribution in [-0.4, -0.2) is 11.7 Å². The Bertz CT molecular complexity index is 603. The number of hydrogen-bond acceptors (Lipinski definition) is 1. The number of allylic oxidation sites excluding steroid dienone is 1. The van der Waals surface area contributed by atoms with E-state index in [1.165, 1.54) is 12.1 Å². The largest absolute Gasteiger partial charge is 0.313 e. The Morgan fingerprint density at radius 2 is 1.35 bits per heavy atom. The molecular formula is C17H14F2O. The summed E-state index contributed by atoms with van der Waals surface area (Å²) in [5, 5.41) is 0. The molecule has 2 aromatic rings. The zero-order valence-electron chi connectivity index (χ0n) is 10.9. The number of benzene rings is 2. The highest BCUT2D eigenvalue weighted by molar-refractivity contribution is 6.02. The highest BCUT2D eigenvalue weighted by Gasteiger charge is 2.39. The minimum absolute atomic E-state index is 0.0124. The summed E-state index contributed by atoms with van der Waals surface area (Å²) in [5.74, 6) is -4.62. The Morgan fingerprint density at radius 3 is 1.85 bits per heavy atom. The minimum atomic E-state index is -3.45. The van der Waals surface area contributed by atoms with Gasteiger partial charge in [-0.3, -0.25) is 4.79 Å². The third kappa shape index (κ3) is 3.18. The smallest absolute Gasteiger partial charge is 0.287 e. The molecular weight excluding hydrogens is 258 g/mol.